The zero-order chi connectivity index (χ0) is 8.53. The summed E-state index contributed by atoms with van der Waals surface area (Å²) in [5.41, 5.74) is 0. The third-order valence-electron chi connectivity index (χ3n) is 2.15. The second-order valence-corrected chi connectivity index (χ2v) is 3.47. The third-order valence-corrected chi connectivity index (χ3v) is 2.15. The van der Waals surface area contributed by atoms with Crippen molar-refractivity contribution in [3.63, 3.8) is 0 Å². The van der Waals surface area contributed by atoms with Crippen LogP contribution in [0.1, 0.15) is 52.9 Å². The van der Waals surface area contributed by atoms with Crippen LogP contribution in [0, 0.1) is 0 Å². The summed E-state index contributed by atoms with van der Waals surface area (Å²) in [6.45, 7) is 6.82. The molecule has 0 aromatic carbocycles. The van der Waals surface area contributed by atoms with E-state index in [4.69, 9.17) is 0 Å². The van der Waals surface area contributed by atoms with Gasteiger partial charge in [-0.25, -0.2) is 0 Å². The summed E-state index contributed by atoms with van der Waals surface area (Å²) >= 11 is 0. The fourth-order valence-corrected chi connectivity index (χ4v) is 1.41. The van der Waals surface area contributed by atoms with E-state index in [2.05, 4.69) is 28.1 Å². The van der Waals surface area contributed by atoms with Crippen LogP contribution in [0.2, 0.25) is 12.1 Å². The highest BCUT2D eigenvalue weighted by molar-refractivity contribution is 6.37. The van der Waals surface area contributed by atoms with Gasteiger partial charge in [-0.2, -0.15) is 0 Å². The van der Waals surface area contributed by atoms with E-state index in [9.17, 15) is 0 Å². The lowest BCUT2D eigenvalue weighted by Crippen LogP contribution is -1.97. The summed E-state index contributed by atoms with van der Waals surface area (Å²) in [6, 6.07) is 0. The average molecular weight is 153 g/mol. The minimum atomic E-state index is 0.844. The molecule has 0 bridgehead atoms. The Hall–Kier alpha value is 0.0649. The lowest BCUT2D eigenvalue weighted by molar-refractivity contribution is 0.621. The van der Waals surface area contributed by atoms with Crippen LogP contribution in [-0.2, 0) is 0 Å². The third kappa shape index (κ3) is 7.97. The van der Waals surface area contributed by atoms with E-state index in [0.717, 1.165) is 5.82 Å². The Bertz CT molecular complexity index is 71.3. The van der Waals surface area contributed by atoms with Gasteiger partial charge in [-0.05, 0) is 0 Å². The lowest BCUT2D eigenvalue weighted by Gasteiger charge is -2.07. The molecule has 65 valence electrons. The van der Waals surface area contributed by atoms with E-state index in [1.165, 1.54) is 38.4 Å². The van der Waals surface area contributed by atoms with Crippen LogP contribution in [0.5, 0.6) is 0 Å². The largest absolute Gasteiger partial charge is 0.112 e. The monoisotopic (exact) mass is 153 g/mol. The first-order chi connectivity index (χ1) is 5.31. The molecule has 0 aliphatic heterocycles. The van der Waals surface area contributed by atoms with Crippen LogP contribution in [0.4, 0.5) is 0 Å². The zero-order valence-electron chi connectivity index (χ0n) is 8.40. The van der Waals surface area contributed by atoms with Crippen LogP contribution in [0.3, 0.4) is 0 Å². The quantitative estimate of drug-likeness (QED) is 0.384. The molecule has 0 aliphatic carbocycles. The first-order valence-electron chi connectivity index (χ1n) is 5.14. The minimum Gasteiger partial charge on any atom is -0.0827 e. The van der Waals surface area contributed by atoms with Crippen LogP contribution in [0.15, 0.2) is 0 Å². The number of hydrogen-bond donors (Lipinski definition) is 0. The summed E-state index contributed by atoms with van der Waals surface area (Å²) in [4.78, 5) is 0. The van der Waals surface area contributed by atoms with Crippen molar-refractivity contribution in [2.24, 2.45) is 0 Å². The molecule has 0 nitrogen and oxygen atoms in total. The van der Waals surface area contributed by atoms with Crippen molar-refractivity contribution in [1.29, 1.82) is 0 Å². The molecule has 0 N–H and O–H groups in total. The molecule has 0 saturated carbocycles. The standard InChI is InChI=1S/C10H22B/c1-4-6-7-8-9-10(3)11-5-2/h10H,4-9H2,1-3H3. The number of unbranched alkanes of at least 4 members (excludes halogenated alkanes) is 3. The molecular formula is C10H22B. The molecule has 1 radical (unpaired) electrons. The molecule has 0 amide bonds. The molecule has 1 atom stereocenters. The van der Waals surface area contributed by atoms with Gasteiger partial charge in [-0.15, -0.1) is 0 Å². The first-order valence-corrected chi connectivity index (χ1v) is 5.14. The van der Waals surface area contributed by atoms with Crippen molar-refractivity contribution in [1.82, 2.24) is 0 Å². The highest BCUT2D eigenvalue weighted by Gasteiger charge is 2.00. The van der Waals surface area contributed by atoms with E-state index in [0.29, 0.717) is 0 Å². The van der Waals surface area contributed by atoms with E-state index >= 15 is 0 Å². The Morgan fingerprint density at radius 1 is 1.09 bits per heavy atom. The molecular weight excluding hydrogens is 131 g/mol. The summed E-state index contributed by atoms with van der Waals surface area (Å²) in [5.74, 6) is 0.844. The van der Waals surface area contributed by atoms with Crippen molar-refractivity contribution in [3.05, 3.63) is 0 Å². The molecule has 0 aromatic rings. The van der Waals surface area contributed by atoms with Gasteiger partial charge in [0.2, 0.25) is 0 Å². The van der Waals surface area contributed by atoms with Gasteiger partial charge in [0.25, 0.3) is 0 Å². The topological polar surface area (TPSA) is 0 Å². The Kier molecular flexibility index (Phi) is 8.21. The molecule has 11 heavy (non-hydrogen) atoms. The maximum Gasteiger partial charge on any atom is 0.112 e. The molecule has 0 saturated heterocycles. The molecule has 0 rings (SSSR count). The zero-order valence-corrected chi connectivity index (χ0v) is 8.40. The second-order valence-electron chi connectivity index (χ2n) is 3.47. The summed E-state index contributed by atoms with van der Waals surface area (Å²) in [7, 11) is 2.42. The Morgan fingerprint density at radius 3 is 2.36 bits per heavy atom. The predicted octanol–water partition coefficient (Wildman–Crippen LogP) is 3.91. The van der Waals surface area contributed by atoms with Crippen molar-refractivity contribution in [2.75, 3.05) is 0 Å². The highest BCUT2D eigenvalue weighted by atomic mass is 14.0. The maximum absolute atomic E-state index is 2.42. The van der Waals surface area contributed by atoms with E-state index in [1.807, 2.05) is 0 Å². The second kappa shape index (κ2) is 8.16. The van der Waals surface area contributed by atoms with Gasteiger partial charge in [-0.1, -0.05) is 65.0 Å². The Morgan fingerprint density at radius 2 is 1.82 bits per heavy atom. The van der Waals surface area contributed by atoms with E-state index in [1.54, 1.807) is 0 Å². The van der Waals surface area contributed by atoms with Gasteiger partial charge >= 0.3 is 0 Å². The molecule has 1 unspecified atom stereocenters. The van der Waals surface area contributed by atoms with Gasteiger partial charge in [0.15, 0.2) is 0 Å². The van der Waals surface area contributed by atoms with Crippen LogP contribution in [-0.4, -0.2) is 7.28 Å². The van der Waals surface area contributed by atoms with Gasteiger partial charge in [0.1, 0.15) is 7.28 Å². The van der Waals surface area contributed by atoms with Gasteiger partial charge in [0.05, 0.1) is 0 Å². The van der Waals surface area contributed by atoms with Crippen molar-refractivity contribution >= 4 is 7.28 Å². The van der Waals surface area contributed by atoms with Crippen molar-refractivity contribution in [3.8, 4) is 0 Å². The smallest absolute Gasteiger partial charge is 0.0827 e. The summed E-state index contributed by atoms with van der Waals surface area (Å²) in [5, 5.41) is 0. The van der Waals surface area contributed by atoms with Crippen LogP contribution in [0.25, 0.3) is 0 Å². The average Bonchev–Trinajstić information content (AvgIpc) is 1.99. The summed E-state index contributed by atoms with van der Waals surface area (Å²) in [6.07, 6.45) is 8.25. The molecule has 0 aliphatic rings. The minimum absolute atomic E-state index is 0.844. The molecule has 0 spiro atoms. The van der Waals surface area contributed by atoms with Crippen LogP contribution < -0.4 is 0 Å². The number of rotatable bonds is 7. The van der Waals surface area contributed by atoms with Gasteiger partial charge in [-0.3, -0.25) is 0 Å². The molecule has 0 heterocycles. The first kappa shape index (κ1) is 11.1. The maximum atomic E-state index is 2.42. The fourth-order valence-electron chi connectivity index (χ4n) is 1.41. The molecule has 0 aromatic heterocycles. The van der Waals surface area contributed by atoms with Gasteiger partial charge < -0.3 is 0 Å². The Balaban J connectivity index is 2.97. The Labute approximate surface area is 73.0 Å². The summed E-state index contributed by atoms with van der Waals surface area (Å²) < 4.78 is 0. The van der Waals surface area contributed by atoms with Gasteiger partial charge in [0, 0.05) is 0 Å². The predicted molar refractivity (Wildman–Crippen MR) is 54.4 cm³/mol. The van der Waals surface area contributed by atoms with E-state index in [-0.39, 0.29) is 0 Å². The fraction of sp³-hybridized carbons (Fsp3) is 1.00. The van der Waals surface area contributed by atoms with E-state index < -0.39 is 0 Å². The van der Waals surface area contributed by atoms with Crippen molar-refractivity contribution < 1.29 is 0 Å². The number of hydrogen-bond acceptors (Lipinski definition) is 0. The SMILES string of the molecule is CC[B]C(C)CCCCCC. The highest BCUT2D eigenvalue weighted by Crippen LogP contribution is 2.14. The molecule has 1 heteroatoms. The lowest BCUT2D eigenvalue weighted by atomic mass is 9.61. The van der Waals surface area contributed by atoms with Crippen LogP contribution >= 0.6 is 0 Å². The molecule has 0 fully saturated rings. The van der Waals surface area contributed by atoms with Crippen molar-refractivity contribution in [2.45, 2.75) is 65.0 Å². The normalized spacial score (nSPS) is 13.0.